The van der Waals surface area contributed by atoms with E-state index in [2.05, 4.69) is 45.2 Å². The minimum absolute atomic E-state index is 0.304. The largest absolute Gasteiger partial charge is 0.493 e. The Balaban J connectivity index is 1.78. The molecule has 2 heterocycles. The van der Waals surface area contributed by atoms with E-state index in [0.717, 1.165) is 30.9 Å². The molecule has 18 heavy (non-hydrogen) atoms. The second-order valence-corrected chi connectivity index (χ2v) is 5.56. The van der Waals surface area contributed by atoms with Crippen molar-refractivity contribution in [2.24, 2.45) is 0 Å². The molecule has 2 nitrogen and oxygen atoms in total. The second kappa shape index (κ2) is 5.11. The lowest BCUT2D eigenvalue weighted by molar-refractivity contribution is 0.357. The lowest BCUT2D eigenvalue weighted by atomic mass is 10.0. The van der Waals surface area contributed by atoms with Crippen molar-refractivity contribution >= 4 is 15.9 Å². The highest BCUT2D eigenvalue weighted by molar-refractivity contribution is 9.09. The van der Waals surface area contributed by atoms with Crippen molar-refractivity contribution < 1.29 is 4.74 Å². The van der Waals surface area contributed by atoms with E-state index in [-0.39, 0.29) is 0 Å². The number of hydrogen-bond donors (Lipinski definition) is 0. The molecule has 3 rings (SSSR count). The van der Waals surface area contributed by atoms with Gasteiger partial charge < -0.3 is 4.74 Å². The first-order chi connectivity index (χ1) is 8.83. The van der Waals surface area contributed by atoms with Gasteiger partial charge in [0.1, 0.15) is 5.75 Å². The Labute approximate surface area is 115 Å². The van der Waals surface area contributed by atoms with Crippen LogP contribution in [-0.4, -0.2) is 11.6 Å². The zero-order chi connectivity index (χ0) is 12.4. The molecule has 1 atom stereocenters. The Morgan fingerprint density at radius 3 is 3.06 bits per heavy atom. The average Bonchev–Trinajstić information content (AvgIpc) is 2.87. The number of benzene rings is 1. The summed E-state index contributed by atoms with van der Waals surface area (Å²) in [5, 5.41) is 0. The fourth-order valence-electron chi connectivity index (χ4n) is 2.22. The Morgan fingerprint density at radius 1 is 1.28 bits per heavy atom. The molecule has 92 valence electrons. The van der Waals surface area contributed by atoms with E-state index < -0.39 is 0 Å². The Bertz CT molecular complexity index is 541. The summed E-state index contributed by atoms with van der Waals surface area (Å²) in [7, 11) is 0. The summed E-state index contributed by atoms with van der Waals surface area (Å²) in [6, 6.07) is 12.5. The number of rotatable bonds is 3. The molecule has 1 aromatic heterocycles. The summed E-state index contributed by atoms with van der Waals surface area (Å²) >= 11 is 3.75. The molecule has 1 unspecified atom stereocenters. The Kier molecular flexibility index (Phi) is 3.33. The van der Waals surface area contributed by atoms with Crippen molar-refractivity contribution in [1.29, 1.82) is 0 Å². The molecule has 1 aliphatic rings. The lowest BCUT2D eigenvalue weighted by Crippen LogP contribution is -1.97. The van der Waals surface area contributed by atoms with Gasteiger partial charge in [-0.25, -0.2) is 0 Å². The number of alkyl halides is 1. The van der Waals surface area contributed by atoms with Crippen molar-refractivity contribution in [1.82, 2.24) is 4.98 Å². The molecule has 0 saturated heterocycles. The summed E-state index contributed by atoms with van der Waals surface area (Å²) in [5.41, 5.74) is 3.72. The smallest absolute Gasteiger partial charge is 0.122 e. The van der Waals surface area contributed by atoms with E-state index in [1.54, 1.807) is 0 Å². The van der Waals surface area contributed by atoms with Gasteiger partial charge in [0.2, 0.25) is 0 Å². The number of fused-ring (bicyclic) bond motifs is 1. The molecule has 1 aliphatic heterocycles. The van der Waals surface area contributed by atoms with E-state index in [0.29, 0.717) is 4.83 Å². The van der Waals surface area contributed by atoms with Crippen LogP contribution in [0.2, 0.25) is 0 Å². The van der Waals surface area contributed by atoms with Crippen molar-refractivity contribution in [2.75, 3.05) is 6.61 Å². The van der Waals surface area contributed by atoms with Crippen LogP contribution in [-0.2, 0) is 12.8 Å². The second-order valence-electron chi connectivity index (χ2n) is 4.46. The van der Waals surface area contributed by atoms with Crippen LogP contribution < -0.4 is 4.74 Å². The molecule has 1 aromatic carbocycles. The number of pyridine rings is 1. The van der Waals surface area contributed by atoms with Crippen LogP contribution in [0.4, 0.5) is 0 Å². The van der Waals surface area contributed by atoms with Gasteiger partial charge in [0.15, 0.2) is 0 Å². The van der Waals surface area contributed by atoms with Crippen molar-refractivity contribution in [3.05, 3.63) is 59.4 Å². The van der Waals surface area contributed by atoms with Crippen LogP contribution in [0.5, 0.6) is 5.75 Å². The zero-order valence-electron chi connectivity index (χ0n) is 9.97. The fourth-order valence-corrected chi connectivity index (χ4v) is 2.84. The normalized spacial score (nSPS) is 14.9. The van der Waals surface area contributed by atoms with Gasteiger partial charge in [-0.1, -0.05) is 34.1 Å². The van der Waals surface area contributed by atoms with Gasteiger partial charge in [0, 0.05) is 29.6 Å². The minimum Gasteiger partial charge on any atom is -0.493 e. The van der Waals surface area contributed by atoms with Gasteiger partial charge in [-0.2, -0.15) is 0 Å². The van der Waals surface area contributed by atoms with Gasteiger partial charge in [0.05, 0.1) is 6.61 Å². The third-order valence-corrected chi connectivity index (χ3v) is 4.04. The molecule has 0 N–H and O–H groups in total. The molecule has 0 saturated carbocycles. The van der Waals surface area contributed by atoms with E-state index >= 15 is 0 Å². The predicted molar refractivity (Wildman–Crippen MR) is 75.3 cm³/mol. The maximum Gasteiger partial charge on any atom is 0.122 e. The van der Waals surface area contributed by atoms with E-state index in [9.17, 15) is 0 Å². The topological polar surface area (TPSA) is 22.1 Å². The van der Waals surface area contributed by atoms with Crippen molar-refractivity contribution in [3.8, 4) is 5.75 Å². The predicted octanol–water partition coefficient (Wildman–Crippen LogP) is 3.70. The first-order valence-corrected chi connectivity index (χ1v) is 7.04. The van der Waals surface area contributed by atoms with Gasteiger partial charge in [0.25, 0.3) is 0 Å². The molecule has 0 radical (unpaired) electrons. The maximum absolute atomic E-state index is 5.52. The third-order valence-electron chi connectivity index (χ3n) is 3.19. The van der Waals surface area contributed by atoms with Crippen LogP contribution in [0.15, 0.2) is 42.6 Å². The van der Waals surface area contributed by atoms with E-state index in [4.69, 9.17) is 4.74 Å². The van der Waals surface area contributed by atoms with Crippen LogP contribution in [0.25, 0.3) is 0 Å². The van der Waals surface area contributed by atoms with Crippen LogP contribution >= 0.6 is 15.9 Å². The highest BCUT2D eigenvalue weighted by Crippen LogP contribution is 2.32. The van der Waals surface area contributed by atoms with E-state index in [1.807, 2.05) is 18.3 Å². The number of nitrogens with zero attached hydrogens (tertiary/aromatic N) is 1. The number of aromatic nitrogens is 1. The number of hydrogen-bond acceptors (Lipinski definition) is 2. The fraction of sp³-hybridized carbons (Fsp3) is 0.267. The average molecular weight is 304 g/mol. The van der Waals surface area contributed by atoms with Crippen molar-refractivity contribution in [2.45, 2.75) is 17.7 Å². The molecule has 0 spiro atoms. The number of halogens is 1. The molecule has 0 fully saturated rings. The van der Waals surface area contributed by atoms with Gasteiger partial charge in [-0.05, 0) is 29.3 Å². The molecular weight excluding hydrogens is 290 g/mol. The quantitative estimate of drug-likeness (QED) is 0.807. The summed E-state index contributed by atoms with van der Waals surface area (Å²) in [4.78, 5) is 4.67. The van der Waals surface area contributed by atoms with Crippen LogP contribution in [0.1, 0.15) is 21.6 Å². The molecule has 0 bridgehead atoms. The Morgan fingerprint density at radius 2 is 2.22 bits per heavy atom. The lowest BCUT2D eigenvalue weighted by Gasteiger charge is -2.11. The maximum atomic E-state index is 5.52. The number of ether oxygens (including phenoxy) is 1. The van der Waals surface area contributed by atoms with Crippen LogP contribution in [0.3, 0.4) is 0 Å². The van der Waals surface area contributed by atoms with Crippen molar-refractivity contribution in [3.63, 3.8) is 0 Å². The third kappa shape index (κ3) is 2.41. The summed E-state index contributed by atoms with van der Waals surface area (Å²) in [6.07, 6.45) is 3.76. The molecular formula is C15H14BrNO. The summed E-state index contributed by atoms with van der Waals surface area (Å²) in [5.74, 6) is 1.04. The minimum atomic E-state index is 0.304. The summed E-state index contributed by atoms with van der Waals surface area (Å²) < 4.78 is 5.52. The zero-order valence-corrected chi connectivity index (χ0v) is 11.6. The molecule has 3 heteroatoms. The highest BCUT2D eigenvalue weighted by atomic mass is 79.9. The monoisotopic (exact) mass is 303 g/mol. The SMILES string of the molecule is BrC(Cc1ccccn1)c1ccc2c(c1)CCO2. The Hall–Kier alpha value is -1.35. The van der Waals surface area contributed by atoms with Crippen LogP contribution in [0, 0.1) is 0 Å². The molecule has 0 amide bonds. The van der Waals surface area contributed by atoms with Gasteiger partial charge in [-0.15, -0.1) is 0 Å². The summed E-state index contributed by atoms with van der Waals surface area (Å²) in [6.45, 7) is 0.811. The standard InChI is InChI=1S/C15H14BrNO/c16-14(10-13-3-1-2-7-17-13)11-4-5-15-12(9-11)6-8-18-15/h1-5,7,9,14H,6,8,10H2. The first-order valence-electron chi connectivity index (χ1n) is 6.12. The van der Waals surface area contributed by atoms with E-state index in [1.165, 1.54) is 11.1 Å². The van der Waals surface area contributed by atoms with Gasteiger partial charge in [-0.3, -0.25) is 4.98 Å². The molecule has 0 aliphatic carbocycles. The van der Waals surface area contributed by atoms with Gasteiger partial charge >= 0.3 is 0 Å². The highest BCUT2D eigenvalue weighted by Gasteiger charge is 2.15. The molecule has 2 aromatic rings. The first kappa shape index (κ1) is 11.7.